The monoisotopic (exact) mass is 642 g/mol. The van der Waals surface area contributed by atoms with Crippen LogP contribution in [-0.4, -0.2) is 64.3 Å². The Kier molecular flexibility index (Phi) is 12.1. The minimum absolute atomic E-state index is 0.139. The van der Waals surface area contributed by atoms with Crippen molar-refractivity contribution in [3.05, 3.63) is 100 Å². The van der Waals surface area contributed by atoms with Crippen LogP contribution in [-0.2, 0) is 45.0 Å². The van der Waals surface area contributed by atoms with Crippen LogP contribution in [0.4, 0.5) is 0 Å². The van der Waals surface area contributed by atoms with E-state index in [1.807, 2.05) is 68.4 Å². The Morgan fingerprint density at radius 3 is 2.17 bits per heavy atom. The molecule has 1 heterocycles. The molecule has 4 rings (SSSR count). The molecule has 47 heavy (non-hydrogen) atoms. The fraction of sp³-hybridized carbons (Fsp3) is 0.389. The third kappa shape index (κ3) is 9.17. The van der Waals surface area contributed by atoms with Crippen molar-refractivity contribution < 1.29 is 24.3 Å². The number of nitrogens with zero attached hydrogens (tertiary/aromatic N) is 1. The molecule has 0 saturated carbocycles. The largest absolute Gasteiger partial charge is 0.508 e. The molecular formula is C36H46N6O5. The first-order chi connectivity index (χ1) is 22.5. The normalized spacial score (nSPS) is 16.0. The van der Waals surface area contributed by atoms with Crippen LogP contribution >= 0.6 is 0 Å². The van der Waals surface area contributed by atoms with Gasteiger partial charge in [0.15, 0.2) is 0 Å². The highest BCUT2D eigenvalue weighted by Crippen LogP contribution is 2.26. The molecule has 9 N–H and O–H groups in total. The van der Waals surface area contributed by atoms with Gasteiger partial charge in [0, 0.05) is 19.4 Å². The molecule has 11 nitrogen and oxygen atoms in total. The molecule has 0 aliphatic carbocycles. The quantitative estimate of drug-likeness (QED) is 0.144. The number of aromatic hydroxyl groups is 1. The number of hydrogen-bond donors (Lipinski definition) is 6. The summed E-state index contributed by atoms with van der Waals surface area (Å²) in [6, 6.07) is 16.2. The van der Waals surface area contributed by atoms with E-state index in [1.165, 1.54) is 4.90 Å². The van der Waals surface area contributed by atoms with Crippen LogP contribution < -0.4 is 27.8 Å². The third-order valence-corrected chi connectivity index (χ3v) is 8.78. The molecule has 0 fully saturated rings. The summed E-state index contributed by atoms with van der Waals surface area (Å²) < 4.78 is 0. The molecule has 3 aromatic rings. The van der Waals surface area contributed by atoms with Gasteiger partial charge in [-0.25, -0.2) is 0 Å². The summed E-state index contributed by atoms with van der Waals surface area (Å²) in [6.07, 6.45) is 2.14. The van der Waals surface area contributed by atoms with Crippen LogP contribution in [0.1, 0.15) is 52.6 Å². The number of hydrogen-bond acceptors (Lipinski definition) is 7. The summed E-state index contributed by atoms with van der Waals surface area (Å²) in [5.74, 6) is -1.99. The minimum Gasteiger partial charge on any atom is -0.508 e. The molecule has 1 aliphatic heterocycles. The third-order valence-electron chi connectivity index (χ3n) is 8.78. The number of rotatable bonds is 14. The molecule has 0 radical (unpaired) electrons. The molecule has 0 spiro atoms. The topological polar surface area (TPSA) is 194 Å². The maximum atomic E-state index is 14.0. The molecule has 11 heteroatoms. The Labute approximate surface area is 275 Å². The summed E-state index contributed by atoms with van der Waals surface area (Å²) >= 11 is 0. The maximum absolute atomic E-state index is 14.0. The average Bonchev–Trinajstić information content (AvgIpc) is 3.04. The van der Waals surface area contributed by atoms with Crippen LogP contribution in [0.3, 0.4) is 0 Å². The number of carbonyl (C=O) groups is 4. The number of nitrogens with two attached hydrogens (primary N) is 3. The zero-order chi connectivity index (χ0) is 34.1. The highest BCUT2D eigenvalue weighted by Gasteiger charge is 2.38. The van der Waals surface area contributed by atoms with Crippen molar-refractivity contribution in [2.45, 2.75) is 83.1 Å². The predicted octanol–water partition coefficient (Wildman–Crippen LogP) is 1.66. The van der Waals surface area contributed by atoms with Crippen molar-refractivity contribution in [2.75, 3.05) is 6.54 Å². The lowest BCUT2D eigenvalue weighted by atomic mass is 9.91. The van der Waals surface area contributed by atoms with E-state index < -0.39 is 47.8 Å². The number of amides is 4. The zero-order valence-electron chi connectivity index (χ0n) is 27.1. The highest BCUT2D eigenvalue weighted by molar-refractivity contribution is 5.95. The average molecular weight is 643 g/mol. The summed E-state index contributed by atoms with van der Waals surface area (Å²) in [5.41, 5.74) is 23.0. The van der Waals surface area contributed by atoms with Gasteiger partial charge < -0.3 is 37.8 Å². The van der Waals surface area contributed by atoms with Gasteiger partial charge in [-0.05, 0) is 91.6 Å². The standard InChI is InChI=1S/C36H46N6O5/c1-22-16-27(43)17-23(2)28(22)20-29(38)36(47)42-21-26-13-7-6-12-25(26)19-32(42)35(46)40-30(14-8-9-15-37)34(45)41-31(33(39)44)18-24-10-4-3-5-11-24/h3-7,10-13,16-17,29-32,43H,8-9,14-15,18-21,37-38H2,1-2H3,(H2,39,44)(H,40,46)(H,41,45)/t29-,30-,31-,32?/m0/s1. The second-order valence-electron chi connectivity index (χ2n) is 12.3. The fourth-order valence-electron chi connectivity index (χ4n) is 6.18. The number of nitrogens with one attached hydrogen (secondary N) is 2. The van der Waals surface area contributed by atoms with Gasteiger partial charge in [-0.15, -0.1) is 0 Å². The van der Waals surface area contributed by atoms with Crippen molar-refractivity contribution >= 4 is 23.6 Å². The number of phenols is 1. The van der Waals surface area contributed by atoms with Crippen molar-refractivity contribution in [3.8, 4) is 5.75 Å². The van der Waals surface area contributed by atoms with Crippen molar-refractivity contribution in [1.82, 2.24) is 15.5 Å². The van der Waals surface area contributed by atoms with Gasteiger partial charge in [0.25, 0.3) is 0 Å². The Balaban J connectivity index is 1.56. The Hall–Kier alpha value is -4.74. The lowest BCUT2D eigenvalue weighted by Gasteiger charge is -2.38. The van der Waals surface area contributed by atoms with E-state index in [2.05, 4.69) is 10.6 Å². The number of fused-ring (bicyclic) bond motifs is 1. The van der Waals surface area contributed by atoms with E-state index in [0.717, 1.165) is 33.4 Å². The fourth-order valence-corrected chi connectivity index (χ4v) is 6.18. The Morgan fingerprint density at radius 2 is 1.53 bits per heavy atom. The van der Waals surface area contributed by atoms with E-state index in [9.17, 15) is 24.3 Å². The second-order valence-corrected chi connectivity index (χ2v) is 12.3. The lowest BCUT2D eigenvalue weighted by molar-refractivity contribution is -0.143. The molecule has 3 aromatic carbocycles. The molecule has 4 amide bonds. The van der Waals surface area contributed by atoms with Gasteiger partial charge in [0.05, 0.1) is 6.04 Å². The number of benzene rings is 3. The number of unbranched alkanes of at least 4 members (excludes halogenated alkanes) is 1. The first-order valence-electron chi connectivity index (χ1n) is 16.0. The lowest BCUT2D eigenvalue weighted by Crippen LogP contribution is -2.60. The predicted molar refractivity (Wildman–Crippen MR) is 180 cm³/mol. The van der Waals surface area contributed by atoms with E-state index >= 15 is 0 Å². The first-order valence-corrected chi connectivity index (χ1v) is 16.0. The number of primary amides is 1. The van der Waals surface area contributed by atoms with Crippen LogP contribution in [0.25, 0.3) is 0 Å². The van der Waals surface area contributed by atoms with Gasteiger partial charge in [-0.1, -0.05) is 54.6 Å². The van der Waals surface area contributed by atoms with Gasteiger partial charge >= 0.3 is 0 Å². The van der Waals surface area contributed by atoms with Crippen molar-refractivity contribution in [2.24, 2.45) is 17.2 Å². The molecule has 0 aromatic heterocycles. The highest BCUT2D eigenvalue weighted by atomic mass is 16.3. The number of phenolic OH excluding ortho intramolecular Hbond substituents is 1. The van der Waals surface area contributed by atoms with E-state index in [1.54, 1.807) is 12.1 Å². The molecule has 1 unspecified atom stereocenters. The SMILES string of the molecule is Cc1cc(O)cc(C)c1C[C@H](N)C(=O)N1Cc2ccccc2CC1C(=O)N[C@@H](CCCCN)C(=O)N[C@@H](Cc1ccccc1)C(N)=O. The van der Waals surface area contributed by atoms with Crippen molar-refractivity contribution in [1.29, 1.82) is 0 Å². The molecule has 4 atom stereocenters. The van der Waals surface area contributed by atoms with Gasteiger partial charge in [0.1, 0.15) is 23.9 Å². The summed E-state index contributed by atoms with van der Waals surface area (Å²) in [7, 11) is 0. The summed E-state index contributed by atoms with van der Waals surface area (Å²) in [5, 5.41) is 15.6. The van der Waals surface area contributed by atoms with E-state index in [-0.39, 0.29) is 38.0 Å². The Bertz CT molecular complexity index is 1560. The molecule has 0 saturated heterocycles. The zero-order valence-corrected chi connectivity index (χ0v) is 27.1. The van der Waals surface area contributed by atoms with Crippen molar-refractivity contribution in [3.63, 3.8) is 0 Å². The van der Waals surface area contributed by atoms with Gasteiger partial charge in [0.2, 0.25) is 23.6 Å². The maximum Gasteiger partial charge on any atom is 0.243 e. The number of aryl methyl sites for hydroxylation is 2. The smallest absolute Gasteiger partial charge is 0.243 e. The van der Waals surface area contributed by atoms with Crippen LogP contribution in [0.2, 0.25) is 0 Å². The van der Waals surface area contributed by atoms with Crippen LogP contribution in [0.15, 0.2) is 66.7 Å². The minimum atomic E-state index is -0.989. The number of carbonyl (C=O) groups excluding carboxylic acids is 4. The Morgan fingerprint density at radius 1 is 0.894 bits per heavy atom. The van der Waals surface area contributed by atoms with E-state index in [0.29, 0.717) is 19.4 Å². The second kappa shape index (κ2) is 16.2. The van der Waals surface area contributed by atoms with Crippen LogP contribution in [0.5, 0.6) is 5.75 Å². The molecule has 250 valence electrons. The molecular weight excluding hydrogens is 596 g/mol. The van der Waals surface area contributed by atoms with Crippen LogP contribution in [0, 0.1) is 13.8 Å². The molecule has 0 bridgehead atoms. The van der Waals surface area contributed by atoms with E-state index in [4.69, 9.17) is 17.2 Å². The summed E-state index contributed by atoms with van der Waals surface area (Å²) in [6.45, 7) is 4.30. The summed E-state index contributed by atoms with van der Waals surface area (Å²) in [4.78, 5) is 55.4. The van der Waals surface area contributed by atoms with Gasteiger partial charge in [-0.2, -0.15) is 0 Å². The molecule has 1 aliphatic rings. The van der Waals surface area contributed by atoms with Gasteiger partial charge in [-0.3, -0.25) is 19.2 Å². The first kappa shape index (κ1) is 35.1.